The maximum Gasteiger partial charge on any atom is 0.226 e. The third-order valence-corrected chi connectivity index (χ3v) is 3.03. The van der Waals surface area contributed by atoms with Crippen LogP contribution < -0.4 is 5.32 Å². The molecule has 0 aliphatic carbocycles. The van der Waals surface area contributed by atoms with Crippen LogP contribution in [0.1, 0.15) is 17.4 Å². The van der Waals surface area contributed by atoms with Crippen molar-refractivity contribution < 1.29 is 14.4 Å². The summed E-state index contributed by atoms with van der Waals surface area (Å²) in [7, 11) is 0. The minimum absolute atomic E-state index is 0.0629. The monoisotopic (exact) mass is 314 g/mol. The second kappa shape index (κ2) is 6.74. The van der Waals surface area contributed by atoms with Crippen molar-refractivity contribution in [1.29, 1.82) is 0 Å². The zero-order chi connectivity index (χ0) is 14.5. The molecule has 0 saturated carbocycles. The summed E-state index contributed by atoms with van der Waals surface area (Å²) >= 11 is 11.7. The summed E-state index contributed by atoms with van der Waals surface area (Å²) in [5.74, 6) is -0.258. The van der Waals surface area contributed by atoms with E-state index in [-0.39, 0.29) is 18.9 Å². The van der Waals surface area contributed by atoms with Gasteiger partial charge in [-0.1, -0.05) is 28.4 Å². The Hall–Kier alpha value is -1.56. The predicted molar refractivity (Wildman–Crippen MR) is 74.6 cm³/mol. The van der Waals surface area contributed by atoms with Crippen molar-refractivity contribution in [2.45, 2.75) is 12.5 Å². The second-order valence-corrected chi connectivity index (χ2v) is 5.06. The highest BCUT2D eigenvalue weighted by molar-refractivity contribution is 6.34. The summed E-state index contributed by atoms with van der Waals surface area (Å²) in [5, 5.41) is 17.1. The number of carbonyl (C=O) groups excluding carboxylic acids is 1. The minimum Gasteiger partial charge on any atom is -0.387 e. The van der Waals surface area contributed by atoms with Crippen LogP contribution in [0.4, 0.5) is 0 Å². The molecule has 106 valence electrons. The van der Waals surface area contributed by atoms with E-state index in [1.165, 1.54) is 6.26 Å². The molecule has 2 rings (SSSR count). The summed E-state index contributed by atoms with van der Waals surface area (Å²) in [5.41, 5.74) is 1.08. The van der Waals surface area contributed by atoms with E-state index in [9.17, 15) is 9.90 Å². The molecule has 1 aromatic carbocycles. The van der Waals surface area contributed by atoms with Gasteiger partial charge in [0.2, 0.25) is 5.91 Å². The molecule has 0 saturated heterocycles. The van der Waals surface area contributed by atoms with Gasteiger partial charge >= 0.3 is 0 Å². The molecule has 2 aromatic rings. The van der Waals surface area contributed by atoms with Gasteiger partial charge in [-0.2, -0.15) is 0 Å². The van der Waals surface area contributed by atoms with E-state index in [1.807, 2.05) is 0 Å². The van der Waals surface area contributed by atoms with Crippen LogP contribution in [0.3, 0.4) is 0 Å². The Bertz CT molecular complexity index is 567. The summed E-state index contributed by atoms with van der Waals surface area (Å²) in [4.78, 5) is 11.6. The molecule has 0 fully saturated rings. The van der Waals surface area contributed by atoms with Crippen molar-refractivity contribution in [1.82, 2.24) is 10.5 Å². The molecule has 0 aliphatic heterocycles. The standard InChI is InChI=1S/C13H12Cl2N2O3/c14-9-3-8(4-10(15)5-9)12(18)7-16-13(19)6-11-1-2-20-17-11/h1-5,12,18H,6-7H2,(H,16,19). The number of nitrogens with zero attached hydrogens (tertiary/aromatic N) is 1. The number of nitrogens with one attached hydrogen (secondary N) is 1. The van der Waals surface area contributed by atoms with Gasteiger partial charge in [-0.05, 0) is 23.8 Å². The molecule has 1 unspecified atom stereocenters. The van der Waals surface area contributed by atoms with E-state index >= 15 is 0 Å². The van der Waals surface area contributed by atoms with Crippen molar-refractivity contribution in [2.24, 2.45) is 0 Å². The minimum atomic E-state index is -0.882. The number of halogens is 2. The van der Waals surface area contributed by atoms with Crippen LogP contribution in [-0.2, 0) is 11.2 Å². The van der Waals surface area contributed by atoms with Gasteiger partial charge in [-0.15, -0.1) is 0 Å². The largest absolute Gasteiger partial charge is 0.387 e. The molecule has 1 aromatic heterocycles. The van der Waals surface area contributed by atoms with Gasteiger partial charge in [0, 0.05) is 22.7 Å². The van der Waals surface area contributed by atoms with Gasteiger partial charge in [0.1, 0.15) is 6.26 Å². The quantitative estimate of drug-likeness (QED) is 0.888. The number of hydrogen-bond donors (Lipinski definition) is 2. The molecule has 7 heteroatoms. The molecular formula is C13H12Cl2N2O3. The fourth-order valence-electron chi connectivity index (χ4n) is 1.65. The molecule has 0 bridgehead atoms. The van der Waals surface area contributed by atoms with Crippen molar-refractivity contribution >= 4 is 29.1 Å². The third-order valence-electron chi connectivity index (χ3n) is 2.60. The van der Waals surface area contributed by atoms with Gasteiger partial charge in [0.15, 0.2) is 0 Å². The predicted octanol–water partition coefficient (Wildman–Crippen LogP) is 2.37. The van der Waals surface area contributed by atoms with E-state index in [1.54, 1.807) is 24.3 Å². The first-order valence-corrected chi connectivity index (χ1v) is 6.60. The normalized spacial score (nSPS) is 12.2. The Kier molecular flexibility index (Phi) is 5.00. The Balaban J connectivity index is 1.88. The summed E-state index contributed by atoms with van der Waals surface area (Å²) in [6.45, 7) is 0.0629. The molecule has 0 spiro atoms. The number of rotatable bonds is 5. The van der Waals surface area contributed by atoms with Crippen LogP contribution in [-0.4, -0.2) is 22.7 Å². The lowest BCUT2D eigenvalue weighted by Crippen LogP contribution is -2.29. The molecule has 20 heavy (non-hydrogen) atoms. The second-order valence-electron chi connectivity index (χ2n) is 4.19. The van der Waals surface area contributed by atoms with Gasteiger partial charge in [0.05, 0.1) is 18.2 Å². The molecule has 1 heterocycles. The van der Waals surface area contributed by atoms with E-state index < -0.39 is 6.10 Å². The van der Waals surface area contributed by atoms with Crippen LogP contribution in [0.15, 0.2) is 35.1 Å². The Morgan fingerprint density at radius 3 is 2.65 bits per heavy atom. The number of carbonyl (C=O) groups is 1. The highest BCUT2D eigenvalue weighted by Crippen LogP contribution is 2.23. The number of aliphatic hydroxyl groups is 1. The average molecular weight is 315 g/mol. The van der Waals surface area contributed by atoms with E-state index in [0.29, 0.717) is 21.3 Å². The molecule has 0 radical (unpaired) electrons. The number of benzene rings is 1. The van der Waals surface area contributed by atoms with Crippen molar-refractivity contribution in [2.75, 3.05) is 6.54 Å². The maximum atomic E-state index is 11.6. The highest BCUT2D eigenvalue weighted by Gasteiger charge is 2.12. The Morgan fingerprint density at radius 1 is 1.35 bits per heavy atom. The van der Waals surface area contributed by atoms with E-state index in [4.69, 9.17) is 23.2 Å². The Labute approximate surface area is 125 Å². The van der Waals surface area contributed by atoms with Crippen LogP contribution in [0.5, 0.6) is 0 Å². The topological polar surface area (TPSA) is 75.4 Å². The van der Waals surface area contributed by atoms with Crippen molar-refractivity contribution in [3.63, 3.8) is 0 Å². The van der Waals surface area contributed by atoms with Gasteiger partial charge in [-0.25, -0.2) is 0 Å². The fourth-order valence-corrected chi connectivity index (χ4v) is 2.19. The SMILES string of the molecule is O=C(Cc1ccon1)NCC(O)c1cc(Cl)cc(Cl)c1. The lowest BCUT2D eigenvalue weighted by atomic mass is 10.1. The van der Waals surface area contributed by atoms with Gasteiger partial charge in [0.25, 0.3) is 0 Å². The maximum absolute atomic E-state index is 11.6. The van der Waals surface area contributed by atoms with Crippen molar-refractivity contribution in [3.8, 4) is 0 Å². The summed E-state index contributed by atoms with van der Waals surface area (Å²) < 4.78 is 4.63. The third kappa shape index (κ3) is 4.23. The molecule has 1 amide bonds. The highest BCUT2D eigenvalue weighted by atomic mass is 35.5. The average Bonchev–Trinajstić information content (AvgIpc) is 2.87. The van der Waals surface area contributed by atoms with Gasteiger partial charge in [-0.3, -0.25) is 4.79 Å². The molecule has 0 aliphatic rings. The number of amides is 1. The molecule has 5 nitrogen and oxygen atoms in total. The lowest BCUT2D eigenvalue weighted by molar-refractivity contribution is -0.121. The van der Waals surface area contributed by atoms with Crippen LogP contribution in [0.2, 0.25) is 10.0 Å². The zero-order valence-electron chi connectivity index (χ0n) is 10.3. The number of aliphatic hydroxyl groups excluding tert-OH is 1. The molecular weight excluding hydrogens is 303 g/mol. The van der Waals surface area contributed by atoms with Crippen LogP contribution in [0.25, 0.3) is 0 Å². The lowest BCUT2D eigenvalue weighted by Gasteiger charge is -2.12. The van der Waals surface area contributed by atoms with Gasteiger partial charge < -0.3 is 14.9 Å². The zero-order valence-corrected chi connectivity index (χ0v) is 11.9. The first-order valence-electron chi connectivity index (χ1n) is 5.84. The first-order chi connectivity index (χ1) is 9.54. The smallest absolute Gasteiger partial charge is 0.226 e. The van der Waals surface area contributed by atoms with Crippen LogP contribution in [0, 0.1) is 0 Å². The van der Waals surface area contributed by atoms with E-state index in [2.05, 4.69) is 15.0 Å². The van der Waals surface area contributed by atoms with Crippen molar-refractivity contribution in [3.05, 3.63) is 51.8 Å². The number of hydrogen-bond acceptors (Lipinski definition) is 4. The Morgan fingerprint density at radius 2 is 2.05 bits per heavy atom. The molecule has 1 atom stereocenters. The summed E-state index contributed by atoms with van der Waals surface area (Å²) in [6, 6.07) is 6.37. The fraction of sp³-hybridized carbons (Fsp3) is 0.231. The first kappa shape index (κ1) is 14.8. The van der Waals surface area contributed by atoms with Crippen LogP contribution >= 0.6 is 23.2 Å². The molecule has 2 N–H and O–H groups in total. The number of aromatic nitrogens is 1. The summed E-state index contributed by atoms with van der Waals surface area (Å²) in [6.07, 6.45) is 0.609. The van der Waals surface area contributed by atoms with E-state index in [0.717, 1.165) is 0 Å².